The normalized spacial score (nSPS) is 28.9. The molecule has 0 unspecified atom stereocenters. The molecule has 0 radical (unpaired) electrons. The summed E-state index contributed by atoms with van der Waals surface area (Å²) >= 11 is 2.85. The summed E-state index contributed by atoms with van der Waals surface area (Å²) in [4.78, 5) is 56.0. The number of carbonyl (C=O) groups excluding carboxylic acids is 2. The zero-order valence-corrected chi connectivity index (χ0v) is 23.5. The van der Waals surface area contributed by atoms with Crippen LogP contribution >= 0.6 is 23.1 Å². The maximum atomic E-state index is 13.9. The number of rotatable bonds is 5. The summed E-state index contributed by atoms with van der Waals surface area (Å²) in [5.74, 6) is -0.0634. The average molecular weight is 598 g/mol. The van der Waals surface area contributed by atoms with E-state index < -0.39 is 16.8 Å². The zero-order chi connectivity index (χ0) is 28.7. The van der Waals surface area contributed by atoms with Gasteiger partial charge in [0, 0.05) is 28.2 Å². The molecule has 210 valence electrons. The highest BCUT2D eigenvalue weighted by Crippen LogP contribution is 2.68. The van der Waals surface area contributed by atoms with Gasteiger partial charge in [0.05, 0.1) is 27.5 Å². The Labute approximate surface area is 247 Å². The zero-order valence-electron chi connectivity index (χ0n) is 21.9. The van der Waals surface area contributed by atoms with Gasteiger partial charge in [-0.2, -0.15) is 0 Å². The van der Waals surface area contributed by atoms with Gasteiger partial charge >= 0.3 is 4.87 Å². The summed E-state index contributed by atoms with van der Waals surface area (Å²) < 4.78 is 6.14. The molecule has 2 bridgehead atoms. The number of thioether (sulfide) groups is 1. The Hall–Kier alpha value is -4.22. The fourth-order valence-corrected chi connectivity index (χ4v) is 10.7. The predicted molar refractivity (Wildman–Crippen MR) is 157 cm³/mol. The summed E-state index contributed by atoms with van der Waals surface area (Å²) in [5.41, 5.74) is 1.29. The van der Waals surface area contributed by atoms with Crippen molar-refractivity contribution in [3.05, 3.63) is 109 Å². The minimum Gasteiger partial charge on any atom is -0.457 e. The van der Waals surface area contributed by atoms with Gasteiger partial charge in [0.2, 0.25) is 11.8 Å². The van der Waals surface area contributed by atoms with Gasteiger partial charge in [-0.15, -0.1) is 11.8 Å². The largest absolute Gasteiger partial charge is 0.457 e. The number of para-hydroxylation sites is 1. The predicted octanol–water partition coefficient (Wildman–Crippen LogP) is 5.81. The van der Waals surface area contributed by atoms with Gasteiger partial charge in [-0.1, -0.05) is 41.7 Å². The summed E-state index contributed by atoms with van der Waals surface area (Å²) in [7, 11) is 0. The molecule has 2 aliphatic carbocycles. The first-order chi connectivity index (χ1) is 20.4. The lowest BCUT2D eigenvalue weighted by Crippen LogP contribution is -2.42. The number of nitrogens with zero attached hydrogens (tertiary/aromatic N) is 2. The molecular weight excluding hydrogens is 574 g/mol. The van der Waals surface area contributed by atoms with E-state index in [1.54, 1.807) is 11.8 Å². The van der Waals surface area contributed by atoms with Crippen LogP contribution in [0.1, 0.15) is 22.8 Å². The molecule has 3 heterocycles. The number of nitro groups is 1. The molecule has 1 N–H and O–H groups in total. The summed E-state index contributed by atoms with van der Waals surface area (Å²) in [6.45, 7) is 0. The van der Waals surface area contributed by atoms with E-state index in [1.807, 2.05) is 48.5 Å². The van der Waals surface area contributed by atoms with Crippen molar-refractivity contribution in [3.63, 3.8) is 0 Å². The molecular formula is C31H23N3O6S2. The molecule has 1 saturated heterocycles. The molecule has 0 spiro atoms. The van der Waals surface area contributed by atoms with Crippen molar-refractivity contribution in [3.8, 4) is 11.5 Å². The SMILES string of the molecule is O=C1[C@H]2[C@H]3C[C@@H]([C@@H]2C(=O)N1c1ccc([N+](=O)[O-])cc1)[C@H]1[C@H](c2cccc(Oc4ccccc4)c2)c2sc(=O)[nH]c2S[C@H]31. The quantitative estimate of drug-likeness (QED) is 0.175. The Morgan fingerprint density at radius 3 is 2.33 bits per heavy atom. The summed E-state index contributed by atoms with van der Waals surface area (Å²) in [6.07, 6.45) is 0.777. The minimum atomic E-state index is -0.503. The summed E-state index contributed by atoms with van der Waals surface area (Å²) in [5, 5.41) is 12.0. The van der Waals surface area contributed by atoms with Crippen LogP contribution in [0.4, 0.5) is 11.4 Å². The number of hydrogen-bond acceptors (Lipinski definition) is 8. The van der Waals surface area contributed by atoms with E-state index in [4.69, 9.17) is 4.74 Å². The third-order valence-electron chi connectivity index (χ3n) is 9.24. The first-order valence-electron chi connectivity index (χ1n) is 13.7. The van der Waals surface area contributed by atoms with Gasteiger partial charge in [-0.25, -0.2) is 0 Å². The van der Waals surface area contributed by atoms with E-state index in [0.29, 0.717) is 11.4 Å². The minimum absolute atomic E-state index is 0.0164. The fraction of sp³-hybridized carbons (Fsp3) is 0.258. The molecule has 3 fully saturated rings. The Morgan fingerprint density at radius 2 is 1.60 bits per heavy atom. The van der Waals surface area contributed by atoms with Gasteiger partial charge < -0.3 is 9.72 Å². The van der Waals surface area contributed by atoms with Crippen LogP contribution in [0.2, 0.25) is 0 Å². The van der Waals surface area contributed by atoms with Crippen LogP contribution in [0.15, 0.2) is 88.7 Å². The van der Waals surface area contributed by atoms with E-state index in [-0.39, 0.29) is 51.3 Å². The van der Waals surface area contributed by atoms with Gasteiger partial charge in [0.15, 0.2) is 0 Å². The van der Waals surface area contributed by atoms with E-state index in [0.717, 1.165) is 27.6 Å². The van der Waals surface area contributed by atoms with E-state index in [2.05, 4.69) is 11.1 Å². The second-order valence-electron chi connectivity index (χ2n) is 11.2. The number of aromatic amines is 1. The maximum Gasteiger partial charge on any atom is 0.305 e. The first-order valence-corrected chi connectivity index (χ1v) is 15.4. The number of aromatic nitrogens is 1. The lowest BCUT2D eigenvalue weighted by molar-refractivity contribution is -0.384. The van der Waals surface area contributed by atoms with Crippen molar-refractivity contribution in [1.82, 2.24) is 4.98 Å². The number of imide groups is 1. The molecule has 7 atom stereocenters. The van der Waals surface area contributed by atoms with Crippen LogP contribution in [0.25, 0.3) is 0 Å². The number of nitrogens with one attached hydrogen (secondary N) is 1. The molecule has 2 saturated carbocycles. The Balaban J connectivity index is 1.17. The topological polar surface area (TPSA) is 123 Å². The summed E-state index contributed by atoms with van der Waals surface area (Å²) in [6, 6.07) is 23.1. The van der Waals surface area contributed by atoms with Crippen molar-refractivity contribution in [1.29, 1.82) is 0 Å². The number of thiazole rings is 1. The second kappa shape index (κ2) is 9.40. The highest BCUT2D eigenvalue weighted by atomic mass is 32.2. The molecule has 1 aromatic heterocycles. The number of hydrogen-bond donors (Lipinski definition) is 1. The number of ether oxygens (including phenoxy) is 1. The average Bonchev–Trinajstić information content (AvgIpc) is 3.72. The number of nitro benzene ring substituents is 1. The van der Waals surface area contributed by atoms with Crippen molar-refractivity contribution in [2.24, 2.45) is 29.6 Å². The van der Waals surface area contributed by atoms with Gasteiger partial charge in [0.1, 0.15) is 11.5 Å². The van der Waals surface area contributed by atoms with Crippen LogP contribution < -0.4 is 14.5 Å². The van der Waals surface area contributed by atoms with Gasteiger partial charge in [0.25, 0.3) is 5.69 Å². The first kappa shape index (κ1) is 25.5. The third kappa shape index (κ3) is 3.73. The van der Waals surface area contributed by atoms with E-state index in [9.17, 15) is 24.5 Å². The van der Waals surface area contributed by atoms with Crippen molar-refractivity contribution in [2.45, 2.75) is 22.6 Å². The highest BCUT2D eigenvalue weighted by Gasteiger charge is 2.69. The fourth-order valence-electron chi connectivity index (χ4n) is 7.76. The second-order valence-corrected chi connectivity index (χ2v) is 13.4. The standard InChI is InChI=1S/C31H23N3O6S2/c35-29-24-20-14-21(25(24)30(36)33(29)16-9-11-17(12-10-16)34(38)39)26-23(20)22(27-28(41-26)32-31(37)42-27)15-5-4-8-19(13-15)40-18-6-2-1-3-7-18/h1-13,20-26H,14H2,(H,32,37)/t20-,21-,22+,23+,24+,25+,26-/m1/s1. The third-order valence-corrected chi connectivity index (χ3v) is 11.8. The number of anilines is 1. The lowest BCUT2D eigenvalue weighted by atomic mass is 9.68. The molecule has 8 rings (SSSR count). The number of H-pyrrole nitrogens is 1. The number of carbonyl (C=O) groups is 2. The van der Waals surface area contributed by atoms with Crippen molar-refractivity contribution in [2.75, 3.05) is 4.90 Å². The van der Waals surface area contributed by atoms with E-state index in [1.165, 1.54) is 40.5 Å². The number of non-ortho nitro benzene ring substituents is 1. The molecule has 11 heteroatoms. The van der Waals surface area contributed by atoms with Crippen LogP contribution in [-0.4, -0.2) is 27.0 Å². The van der Waals surface area contributed by atoms with Crippen LogP contribution in [0.5, 0.6) is 11.5 Å². The Bertz CT molecular complexity index is 1820. The Kier molecular flexibility index (Phi) is 5.70. The molecule has 42 heavy (non-hydrogen) atoms. The van der Waals surface area contributed by atoms with E-state index >= 15 is 0 Å². The molecule has 3 aromatic carbocycles. The molecule has 2 aliphatic heterocycles. The molecule has 4 aliphatic rings. The highest BCUT2D eigenvalue weighted by molar-refractivity contribution is 8.00. The molecule has 9 nitrogen and oxygen atoms in total. The van der Waals surface area contributed by atoms with Crippen molar-refractivity contribution >= 4 is 46.3 Å². The lowest BCUT2D eigenvalue weighted by Gasteiger charge is -2.43. The van der Waals surface area contributed by atoms with Crippen LogP contribution in [0, 0.1) is 39.7 Å². The number of amides is 2. The number of fused-ring (bicyclic) bond motifs is 9. The van der Waals surface area contributed by atoms with Crippen LogP contribution in [0.3, 0.4) is 0 Å². The van der Waals surface area contributed by atoms with Gasteiger partial charge in [-0.3, -0.25) is 29.4 Å². The maximum absolute atomic E-state index is 13.9. The molecule has 2 amide bonds. The smallest absolute Gasteiger partial charge is 0.305 e. The monoisotopic (exact) mass is 597 g/mol. The Morgan fingerprint density at radius 1 is 0.881 bits per heavy atom. The van der Waals surface area contributed by atoms with Crippen molar-refractivity contribution < 1.29 is 19.2 Å². The van der Waals surface area contributed by atoms with Crippen LogP contribution in [-0.2, 0) is 9.59 Å². The number of benzene rings is 3. The van der Waals surface area contributed by atoms with Gasteiger partial charge in [-0.05, 0) is 66.1 Å². The molecule has 4 aromatic rings.